The van der Waals surface area contributed by atoms with Gasteiger partial charge in [0, 0.05) is 5.41 Å². The van der Waals surface area contributed by atoms with Gasteiger partial charge in [0.25, 0.3) is 0 Å². The van der Waals surface area contributed by atoms with Crippen molar-refractivity contribution >= 4 is 5.91 Å². The van der Waals surface area contributed by atoms with Gasteiger partial charge < -0.3 is 5.73 Å². The van der Waals surface area contributed by atoms with Crippen molar-refractivity contribution in [3.05, 3.63) is 0 Å². The molecule has 0 atom stereocenters. The summed E-state index contributed by atoms with van der Waals surface area (Å²) in [4.78, 5) is 12.3. The van der Waals surface area contributed by atoms with Gasteiger partial charge in [-0.2, -0.15) is 0 Å². The molecule has 180 valence electrons. The summed E-state index contributed by atoms with van der Waals surface area (Å²) in [6.07, 6.45) is 29.8. The molecule has 0 fully saturated rings. The van der Waals surface area contributed by atoms with Crippen molar-refractivity contribution in [3.63, 3.8) is 0 Å². The zero-order valence-corrected chi connectivity index (χ0v) is 21.2. The highest BCUT2D eigenvalue weighted by Crippen LogP contribution is 2.35. The zero-order chi connectivity index (χ0) is 22.3. The molecular weight excluding hydrogens is 366 g/mol. The largest absolute Gasteiger partial charge is 0.369 e. The molecule has 2 heteroatoms. The molecular formula is C28H57NO. The molecule has 0 rings (SSSR count). The molecule has 0 aliphatic carbocycles. The lowest BCUT2D eigenvalue weighted by molar-refractivity contribution is -0.129. The summed E-state index contributed by atoms with van der Waals surface area (Å²) in [5.41, 5.74) is 5.65. The first-order valence-electron chi connectivity index (χ1n) is 13.9. The third-order valence-corrected chi connectivity index (χ3v) is 7.22. The van der Waals surface area contributed by atoms with Crippen molar-refractivity contribution in [2.24, 2.45) is 11.1 Å². The number of carbonyl (C=O) groups excluding carboxylic acids is 1. The third kappa shape index (κ3) is 16.2. The van der Waals surface area contributed by atoms with E-state index in [9.17, 15) is 4.79 Å². The molecule has 0 radical (unpaired) electrons. The SMILES string of the molecule is CCCCCCCCCCCCC(CC)(CCCCCCCCCCCC)C(N)=O. The van der Waals surface area contributed by atoms with Crippen LogP contribution in [0.2, 0.25) is 0 Å². The van der Waals surface area contributed by atoms with Gasteiger partial charge in [0.15, 0.2) is 0 Å². The summed E-state index contributed by atoms with van der Waals surface area (Å²) in [7, 11) is 0. The monoisotopic (exact) mass is 423 g/mol. The summed E-state index contributed by atoms with van der Waals surface area (Å²) < 4.78 is 0. The van der Waals surface area contributed by atoms with Crippen LogP contribution in [0.15, 0.2) is 0 Å². The Labute approximate surface area is 190 Å². The average molecular weight is 424 g/mol. The molecule has 0 unspecified atom stereocenters. The lowest BCUT2D eigenvalue weighted by Gasteiger charge is -2.29. The number of hydrogen-bond donors (Lipinski definition) is 1. The number of nitrogens with two attached hydrogens (primary N) is 1. The first kappa shape index (κ1) is 29.5. The van der Waals surface area contributed by atoms with Gasteiger partial charge in [0.1, 0.15) is 0 Å². The fourth-order valence-electron chi connectivity index (χ4n) is 4.80. The summed E-state index contributed by atoms with van der Waals surface area (Å²) in [6.45, 7) is 6.72. The van der Waals surface area contributed by atoms with Crippen molar-refractivity contribution in [2.45, 2.75) is 168 Å². The lowest BCUT2D eigenvalue weighted by Crippen LogP contribution is -2.36. The first-order valence-corrected chi connectivity index (χ1v) is 13.9. The predicted molar refractivity (Wildman–Crippen MR) is 135 cm³/mol. The number of carbonyl (C=O) groups is 1. The molecule has 0 spiro atoms. The zero-order valence-electron chi connectivity index (χ0n) is 21.2. The molecule has 0 saturated heterocycles. The Hall–Kier alpha value is -0.530. The third-order valence-electron chi connectivity index (χ3n) is 7.22. The molecule has 0 aliphatic heterocycles. The number of rotatable bonds is 24. The Morgan fingerprint density at radius 3 is 1.00 bits per heavy atom. The summed E-state index contributed by atoms with van der Waals surface area (Å²) in [5, 5.41) is 0. The van der Waals surface area contributed by atoms with Crippen LogP contribution in [-0.2, 0) is 4.79 Å². The van der Waals surface area contributed by atoms with Crippen LogP contribution >= 0.6 is 0 Å². The van der Waals surface area contributed by atoms with Gasteiger partial charge in [0.2, 0.25) is 5.91 Å². The van der Waals surface area contributed by atoms with E-state index in [1.807, 2.05) is 0 Å². The fourth-order valence-corrected chi connectivity index (χ4v) is 4.80. The van der Waals surface area contributed by atoms with Crippen LogP contribution in [-0.4, -0.2) is 5.91 Å². The molecule has 0 aromatic carbocycles. The number of amides is 1. The second-order valence-corrected chi connectivity index (χ2v) is 9.86. The van der Waals surface area contributed by atoms with Crippen molar-refractivity contribution < 1.29 is 4.79 Å². The molecule has 0 saturated carbocycles. The molecule has 30 heavy (non-hydrogen) atoms. The second kappa shape index (κ2) is 21.7. The summed E-state index contributed by atoms with van der Waals surface area (Å²) in [6, 6.07) is 0. The minimum atomic E-state index is -0.236. The van der Waals surface area contributed by atoms with Crippen molar-refractivity contribution in [2.75, 3.05) is 0 Å². The second-order valence-electron chi connectivity index (χ2n) is 9.86. The van der Waals surface area contributed by atoms with Crippen LogP contribution in [0.1, 0.15) is 168 Å². The molecule has 0 heterocycles. The van der Waals surface area contributed by atoms with Crippen molar-refractivity contribution in [1.82, 2.24) is 0 Å². The van der Waals surface area contributed by atoms with Crippen LogP contribution in [0.4, 0.5) is 0 Å². The van der Waals surface area contributed by atoms with Crippen LogP contribution < -0.4 is 5.73 Å². The molecule has 1 amide bonds. The van der Waals surface area contributed by atoms with E-state index in [0.717, 1.165) is 19.3 Å². The van der Waals surface area contributed by atoms with Gasteiger partial charge in [-0.15, -0.1) is 0 Å². The Kier molecular flexibility index (Phi) is 21.3. The van der Waals surface area contributed by atoms with Crippen LogP contribution in [0.5, 0.6) is 0 Å². The van der Waals surface area contributed by atoms with Crippen molar-refractivity contribution in [3.8, 4) is 0 Å². The lowest BCUT2D eigenvalue weighted by atomic mass is 9.75. The molecule has 2 N–H and O–H groups in total. The average Bonchev–Trinajstić information content (AvgIpc) is 2.74. The maximum atomic E-state index is 12.3. The van der Waals surface area contributed by atoms with Gasteiger partial charge in [-0.25, -0.2) is 0 Å². The van der Waals surface area contributed by atoms with Gasteiger partial charge in [-0.3, -0.25) is 4.79 Å². The van der Waals surface area contributed by atoms with E-state index in [2.05, 4.69) is 20.8 Å². The smallest absolute Gasteiger partial charge is 0.223 e. The number of unbranched alkanes of at least 4 members (excludes halogenated alkanes) is 18. The van der Waals surface area contributed by atoms with Gasteiger partial charge >= 0.3 is 0 Å². The van der Waals surface area contributed by atoms with Crippen LogP contribution in [0.25, 0.3) is 0 Å². The van der Waals surface area contributed by atoms with E-state index in [1.165, 1.54) is 128 Å². The van der Waals surface area contributed by atoms with E-state index in [0.29, 0.717) is 0 Å². The molecule has 0 bridgehead atoms. The Bertz CT molecular complexity index is 342. The first-order chi connectivity index (χ1) is 14.6. The Morgan fingerprint density at radius 1 is 0.500 bits per heavy atom. The van der Waals surface area contributed by atoms with E-state index in [4.69, 9.17) is 5.73 Å². The number of primary amides is 1. The molecule has 0 aromatic rings. The van der Waals surface area contributed by atoms with E-state index in [1.54, 1.807) is 0 Å². The highest BCUT2D eigenvalue weighted by Gasteiger charge is 2.33. The standard InChI is InChI=1S/C28H57NO/c1-4-7-9-11-13-15-17-19-21-23-25-28(6-3,27(29)30)26-24-22-20-18-16-14-12-10-8-5-2/h4-26H2,1-3H3,(H2,29,30). The maximum absolute atomic E-state index is 12.3. The van der Waals surface area contributed by atoms with Crippen LogP contribution in [0.3, 0.4) is 0 Å². The van der Waals surface area contributed by atoms with Gasteiger partial charge in [0.05, 0.1) is 0 Å². The number of hydrogen-bond acceptors (Lipinski definition) is 1. The topological polar surface area (TPSA) is 43.1 Å². The Balaban J connectivity index is 3.82. The van der Waals surface area contributed by atoms with E-state index in [-0.39, 0.29) is 11.3 Å². The highest BCUT2D eigenvalue weighted by molar-refractivity contribution is 5.80. The fraction of sp³-hybridized carbons (Fsp3) is 0.964. The molecule has 2 nitrogen and oxygen atoms in total. The van der Waals surface area contributed by atoms with Gasteiger partial charge in [-0.05, 0) is 19.3 Å². The van der Waals surface area contributed by atoms with E-state index < -0.39 is 0 Å². The maximum Gasteiger partial charge on any atom is 0.223 e. The molecule has 0 aromatic heterocycles. The summed E-state index contributed by atoms with van der Waals surface area (Å²) >= 11 is 0. The minimum absolute atomic E-state index is 0.0446. The Morgan fingerprint density at radius 2 is 0.767 bits per heavy atom. The van der Waals surface area contributed by atoms with Crippen LogP contribution in [0, 0.1) is 5.41 Å². The van der Waals surface area contributed by atoms with Gasteiger partial charge in [-0.1, -0.05) is 149 Å². The predicted octanol–water partition coefficient (Wildman–Crippen LogP) is 9.49. The summed E-state index contributed by atoms with van der Waals surface area (Å²) in [5.74, 6) is -0.0446. The highest BCUT2D eigenvalue weighted by atomic mass is 16.1. The quantitative estimate of drug-likeness (QED) is 0.154. The minimum Gasteiger partial charge on any atom is -0.369 e. The molecule has 0 aliphatic rings. The normalized spacial score (nSPS) is 11.8. The van der Waals surface area contributed by atoms with E-state index >= 15 is 0 Å². The van der Waals surface area contributed by atoms with Crippen molar-refractivity contribution in [1.29, 1.82) is 0 Å².